The number of carbonyl (C=O) groups excluding carboxylic acids is 1. The van der Waals surface area contributed by atoms with Gasteiger partial charge in [-0.05, 0) is 50.0 Å². The van der Waals surface area contributed by atoms with Crippen LogP contribution in [-0.4, -0.2) is 18.5 Å². The summed E-state index contributed by atoms with van der Waals surface area (Å²) in [6, 6.07) is 0.655. The van der Waals surface area contributed by atoms with Crippen molar-refractivity contribution in [3.8, 4) is 0 Å². The van der Waals surface area contributed by atoms with Crippen molar-refractivity contribution >= 4 is 5.91 Å². The maximum Gasteiger partial charge on any atom is 0.217 e. The first-order valence-corrected chi connectivity index (χ1v) is 6.91. The molecule has 100 valence electrons. The van der Waals surface area contributed by atoms with Crippen molar-refractivity contribution in [3.05, 3.63) is 0 Å². The van der Waals surface area contributed by atoms with E-state index in [1.165, 1.54) is 19.3 Å². The summed E-state index contributed by atoms with van der Waals surface area (Å²) in [4.78, 5) is 10.6. The maximum atomic E-state index is 10.6. The van der Waals surface area contributed by atoms with Crippen LogP contribution in [0.5, 0.6) is 0 Å². The molecule has 0 aromatic heterocycles. The van der Waals surface area contributed by atoms with E-state index in [9.17, 15) is 4.79 Å². The average Bonchev–Trinajstić information content (AvgIpc) is 2.13. The molecule has 0 radical (unpaired) electrons. The van der Waals surface area contributed by atoms with Crippen molar-refractivity contribution in [2.75, 3.05) is 6.54 Å². The van der Waals surface area contributed by atoms with Gasteiger partial charge in [0.25, 0.3) is 0 Å². The van der Waals surface area contributed by atoms with Gasteiger partial charge in [0.05, 0.1) is 0 Å². The Kier molecular flexibility index (Phi) is 5.44. The standard InChI is InChI=1S/C14H28N2O/c1-11-8-12(10-14(2,3)9-11)16-7-5-4-6-13(15)17/h11-12,16H,4-10H2,1-3H3,(H2,15,17). The predicted molar refractivity (Wildman–Crippen MR) is 71.6 cm³/mol. The minimum Gasteiger partial charge on any atom is -0.370 e. The second-order valence-electron chi connectivity index (χ2n) is 6.49. The largest absolute Gasteiger partial charge is 0.370 e. The van der Waals surface area contributed by atoms with E-state index in [4.69, 9.17) is 5.73 Å². The van der Waals surface area contributed by atoms with Crippen molar-refractivity contribution < 1.29 is 4.79 Å². The molecule has 0 aliphatic heterocycles. The van der Waals surface area contributed by atoms with Crippen LogP contribution in [0.25, 0.3) is 0 Å². The van der Waals surface area contributed by atoms with Gasteiger partial charge >= 0.3 is 0 Å². The zero-order valence-corrected chi connectivity index (χ0v) is 11.6. The molecule has 3 heteroatoms. The van der Waals surface area contributed by atoms with Crippen LogP contribution in [0.3, 0.4) is 0 Å². The lowest BCUT2D eigenvalue weighted by atomic mass is 9.70. The summed E-state index contributed by atoms with van der Waals surface area (Å²) in [5.74, 6) is 0.638. The smallest absolute Gasteiger partial charge is 0.217 e. The quantitative estimate of drug-likeness (QED) is 0.701. The van der Waals surface area contributed by atoms with Crippen molar-refractivity contribution in [1.82, 2.24) is 5.32 Å². The number of amides is 1. The first-order valence-electron chi connectivity index (χ1n) is 6.91. The van der Waals surface area contributed by atoms with E-state index in [2.05, 4.69) is 26.1 Å². The number of nitrogens with two attached hydrogens (primary N) is 1. The van der Waals surface area contributed by atoms with E-state index in [0.29, 0.717) is 17.9 Å². The molecule has 2 atom stereocenters. The minimum atomic E-state index is -0.183. The molecule has 1 saturated carbocycles. The van der Waals surface area contributed by atoms with Gasteiger partial charge in [0.15, 0.2) is 0 Å². The van der Waals surface area contributed by atoms with Gasteiger partial charge in [-0.2, -0.15) is 0 Å². The van der Waals surface area contributed by atoms with Crippen LogP contribution in [-0.2, 0) is 4.79 Å². The van der Waals surface area contributed by atoms with Gasteiger partial charge in [0.2, 0.25) is 5.91 Å². The number of hydrogen-bond donors (Lipinski definition) is 2. The van der Waals surface area contributed by atoms with Crippen LogP contribution < -0.4 is 11.1 Å². The van der Waals surface area contributed by atoms with E-state index in [1.807, 2.05) is 0 Å². The van der Waals surface area contributed by atoms with Crippen LogP contribution in [0.2, 0.25) is 0 Å². The van der Waals surface area contributed by atoms with Crippen molar-refractivity contribution in [2.45, 2.75) is 65.3 Å². The van der Waals surface area contributed by atoms with Crippen LogP contribution >= 0.6 is 0 Å². The van der Waals surface area contributed by atoms with Crippen LogP contribution in [0, 0.1) is 11.3 Å². The van der Waals surface area contributed by atoms with Crippen LogP contribution in [0.4, 0.5) is 0 Å². The molecule has 3 N–H and O–H groups in total. The zero-order chi connectivity index (χ0) is 12.9. The fourth-order valence-corrected chi connectivity index (χ4v) is 3.23. The highest BCUT2D eigenvalue weighted by molar-refractivity contribution is 5.73. The molecule has 17 heavy (non-hydrogen) atoms. The SMILES string of the molecule is CC1CC(NCCCCC(N)=O)CC(C)(C)C1. The van der Waals surface area contributed by atoms with Gasteiger partial charge in [-0.25, -0.2) is 0 Å². The third-order valence-electron chi connectivity index (χ3n) is 3.67. The monoisotopic (exact) mass is 240 g/mol. The lowest BCUT2D eigenvalue weighted by Gasteiger charge is -2.39. The molecule has 3 nitrogen and oxygen atoms in total. The molecule has 0 heterocycles. The molecule has 1 rings (SSSR count). The van der Waals surface area contributed by atoms with Gasteiger partial charge in [-0.3, -0.25) is 4.79 Å². The highest BCUT2D eigenvalue weighted by Gasteiger charge is 2.31. The molecular formula is C14H28N2O. The Morgan fingerprint density at radius 2 is 2.06 bits per heavy atom. The van der Waals surface area contributed by atoms with E-state index < -0.39 is 0 Å². The first kappa shape index (κ1) is 14.5. The number of hydrogen-bond acceptors (Lipinski definition) is 2. The summed E-state index contributed by atoms with van der Waals surface area (Å²) in [6.45, 7) is 8.10. The van der Waals surface area contributed by atoms with E-state index >= 15 is 0 Å². The minimum absolute atomic E-state index is 0.183. The van der Waals surface area contributed by atoms with Gasteiger partial charge in [-0.15, -0.1) is 0 Å². The molecule has 0 spiro atoms. The van der Waals surface area contributed by atoms with Gasteiger partial charge in [0, 0.05) is 12.5 Å². The average molecular weight is 240 g/mol. The van der Waals surface area contributed by atoms with Gasteiger partial charge < -0.3 is 11.1 Å². The summed E-state index contributed by atoms with van der Waals surface area (Å²) in [6.07, 6.45) is 6.38. The molecule has 1 amide bonds. The Balaban J connectivity index is 2.16. The molecule has 0 aromatic rings. The summed E-state index contributed by atoms with van der Waals surface area (Å²) < 4.78 is 0. The molecule has 1 fully saturated rings. The molecule has 1 aliphatic rings. The van der Waals surface area contributed by atoms with Crippen molar-refractivity contribution in [3.63, 3.8) is 0 Å². The molecule has 2 unspecified atom stereocenters. The molecule has 0 aromatic carbocycles. The van der Waals surface area contributed by atoms with E-state index in [0.717, 1.165) is 25.3 Å². The second kappa shape index (κ2) is 6.39. The van der Waals surface area contributed by atoms with Crippen LogP contribution in [0.15, 0.2) is 0 Å². The predicted octanol–water partition coefficient (Wildman–Crippen LogP) is 2.45. The van der Waals surface area contributed by atoms with Crippen LogP contribution in [0.1, 0.15) is 59.3 Å². The molecule has 0 bridgehead atoms. The molecule has 0 saturated heterocycles. The lowest BCUT2D eigenvalue weighted by molar-refractivity contribution is -0.118. The summed E-state index contributed by atoms with van der Waals surface area (Å²) in [5.41, 5.74) is 5.59. The summed E-state index contributed by atoms with van der Waals surface area (Å²) in [7, 11) is 0. The van der Waals surface area contributed by atoms with Crippen molar-refractivity contribution in [1.29, 1.82) is 0 Å². The Bertz CT molecular complexity index is 251. The highest BCUT2D eigenvalue weighted by atomic mass is 16.1. The fourth-order valence-electron chi connectivity index (χ4n) is 3.23. The number of nitrogens with one attached hydrogen (secondary N) is 1. The number of rotatable bonds is 6. The maximum absolute atomic E-state index is 10.6. The van der Waals surface area contributed by atoms with E-state index in [-0.39, 0.29) is 5.91 Å². The first-order chi connectivity index (χ1) is 7.89. The van der Waals surface area contributed by atoms with Crippen molar-refractivity contribution in [2.24, 2.45) is 17.1 Å². The highest BCUT2D eigenvalue weighted by Crippen LogP contribution is 2.38. The molecular weight excluding hydrogens is 212 g/mol. The van der Waals surface area contributed by atoms with Gasteiger partial charge in [0.1, 0.15) is 0 Å². The summed E-state index contributed by atoms with van der Waals surface area (Å²) in [5, 5.41) is 3.63. The Morgan fingerprint density at radius 3 is 2.65 bits per heavy atom. The third-order valence-corrected chi connectivity index (χ3v) is 3.67. The normalized spacial score (nSPS) is 27.9. The summed E-state index contributed by atoms with van der Waals surface area (Å²) >= 11 is 0. The third kappa shape index (κ3) is 6.06. The van der Waals surface area contributed by atoms with Gasteiger partial charge in [-0.1, -0.05) is 20.8 Å². The Labute approximate surface area is 106 Å². The number of primary amides is 1. The second-order valence-corrected chi connectivity index (χ2v) is 6.49. The molecule has 1 aliphatic carbocycles. The zero-order valence-electron chi connectivity index (χ0n) is 11.6. The Hall–Kier alpha value is -0.570. The van der Waals surface area contributed by atoms with E-state index in [1.54, 1.807) is 0 Å². The topological polar surface area (TPSA) is 55.1 Å². The number of unbranched alkanes of at least 4 members (excludes halogenated alkanes) is 1. The number of carbonyl (C=O) groups is 1. The fraction of sp³-hybridized carbons (Fsp3) is 0.929. The Morgan fingerprint density at radius 1 is 1.35 bits per heavy atom. The lowest BCUT2D eigenvalue weighted by Crippen LogP contribution is -2.40.